The van der Waals surface area contributed by atoms with E-state index in [-0.39, 0.29) is 18.2 Å². The number of rotatable bonds is 4. The highest BCUT2D eigenvalue weighted by molar-refractivity contribution is 5.78. The molecule has 1 amide bonds. The number of fused-ring (bicyclic) bond motifs is 1. The highest BCUT2D eigenvalue weighted by Gasteiger charge is 2.45. The zero-order chi connectivity index (χ0) is 16.5. The van der Waals surface area contributed by atoms with Crippen molar-refractivity contribution in [2.75, 3.05) is 13.1 Å². The molecule has 1 aromatic carbocycles. The molecule has 1 aromatic rings. The third kappa shape index (κ3) is 3.77. The zero-order valence-electron chi connectivity index (χ0n) is 12.6. The molecule has 1 spiro atoms. The lowest BCUT2D eigenvalue weighted by Crippen LogP contribution is -2.50. The number of benzene rings is 1. The average Bonchev–Trinajstić information content (AvgIpc) is 2.44. The number of amides is 1. The van der Waals surface area contributed by atoms with Gasteiger partial charge in [-0.2, -0.15) is 13.2 Å². The van der Waals surface area contributed by atoms with E-state index >= 15 is 0 Å². The lowest BCUT2D eigenvalue weighted by molar-refractivity contribution is -0.129. The molecule has 1 saturated carbocycles. The van der Waals surface area contributed by atoms with Crippen LogP contribution in [0.1, 0.15) is 37.3 Å². The van der Waals surface area contributed by atoms with E-state index in [0.29, 0.717) is 6.42 Å². The number of alkyl halides is 3. The molecule has 126 valence electrons. The lowest BCUT2D eigenvalue weighted by atomic mass is 9.73. The predicted octanol–water partition coefficient (Wildman–Crippen LogP) is 2.70. The maximum Gasteiger partial charge on any atom is 0.401 e. The van der Waals surface area contributed by atoms with Crippen LogP contribution in [0.25, 0.3) is 0 Å². The van der Waals surface area contributed by atoms with E-state index in [9.17, 15) is 18.0 Å². The summed E-state index contributed by atoms with van der Waals surface area (Å²) in [6, 6.07) is 7.27. The number of hydrogen-bond acceptors (Lipinski definition) is 3. The van der Waals surface area contributed by atoms with Gasteiger partial charge in [-0.05, 0) is 25.3 Å². The largest absolute Gasteiger partial charge is 0.487 e. The van der Waals surface area contributed by atoms with E-state index in [1.54, 1.807) is 0 Å². The molecule has 1 aliphatic heterocycles. The van der Waals surface area contributed by atoms with Crippen molar-refractivity contribution in [3.63, 3.8) is 0 Å². The van der Waals surface area contributed by atoms with Crippen molar-refractivity contribution < 1.29 is 22.7 Å². The van der Waals surface area contributed by atoms with Crippen LogP contribution in [-0.2, 0) is 4.79 Å². The maximum atomic E-state index is 12.1. The molecule has 3 rings (SSSR count). The number of hydrogen-bond donors (Lipinski definition) is 2. The summed E-state index contributed by atoms with van der Waals surface area (Å²) in [5, 5.41) is 4.95. The van der Waals surface area contributed by atoms with Crippen LogP contribution in [0.4, 0.5) is 13.2 Å². The van der Waals surface area contributed by atoms with Gasteiger partial charge in [0.25, 0.3) is 0 Å². The van der Waals surface area contributed by atoms with Crippen LogP contribution >= 0.6 is 0 Å². The van der Waals surface area contributed by atoms with Gasteiger partial charge in [0.2, 0.25) is 5.91 Å². The van der Waals surface area contributed by atoms with Crippen molar-refractivity contribution >= 4 is 5.91 Å². The number of carbonyl (C=O) groups is 1. The molecule has 2 N–H and O–H groups in total. The Morgan fingerprint density at radius 2 is 2.04 bits per heavy atom. The fourth-order valence-corrected chi connectivity index (χ4v) is 3.19. The molecular formula is C16H19F3N2O2. The predicted molar refractivity (Wildman–Crippen MR) is 78.1 cm³/mol. The molecule has 1 unspecified atom stereocenters. The molecule has 0 aromatic heterocycles. The summed E-state index contributed by atoms with van der Waals surface area (Å²) in [4.78, 5) is 11.9. The van der Waals surface area contributed by atoms with Crippen molar-refractivity contribution in [1.29, 1.82) is 0 Å². The Hall–Kier alpha value is -1.76. The summed E-state index contributed by atoms with van der Waals surface area (Å²) in [6.45, 7) is -1.53. The summed E-state index contributed by atoms with van der Waals surface area (Å²) >= 11 is 0. The van der Waals surface area contributed by atoms with Crippen LogP contribution in [0.5, 0.6) is 5.75 Å². The van der Waals surface area contributed by atoms with Gasteiger partial charge in [-0.3, -0.25) is 4.79 Å². The Morgan fingerprint density at radius 1 is 1.30 bits per heavy atom. The minimum Gasteiger partial charge on any atom is -0.487 e. The van der Waals surface area contributed by atoms with E-state index < -0.39 is 18.6 Å². The third-order valence-electron chi connectivity index (χ3n) is 4.41. The fraction of sp³-hybridized carbons (Fsp3) is 0.562. The topological polar surface area (TPSA) is 50.4 Å². The molecular weight excluding hydrogens is 309 g/mol. The summed E-state index contributed by atoms with van der Waals surface area (Å²) in [7, 11) is 0. The minimum atomic E-state index is -4.32. The number of para-hydroxylation sites is 1. The SMILES string of the molecule is O=C(CNCC(F)(F)F)NC1CC2(CCC2)Oc2ccccc21. The number of nitrogens with one attached hydrogen (secondary N) is 2. The Morgan fingerprint density at radius 3 is 2.70 bits per heavy atom. The van der Waals surface area contributed by atoms with Gasteiger partial charge in [-0.1, -0.05) is 18.2 Å². The quantitative estimate of drug-likeness (QED) is 0.893. The number of halogens is 3. The van der Waals surface area contributed by atoms with Crippen LogP contribution < -0.4 is 15.4 Å². The third-order valence-corrected chi connectivity index (χ3v) is 4.41. The molecule has 23 heavy (non-hydrogen) atoms. The summed E-state index contributed by atoms with van der Waals surface area (Å²) in [5.74, 6) is 0.317. The average molecular weight is 328 g/mol. The normalized spacial score (nSPS) is 22.0. The Labute approximate surface area is 132 Å². The van der Waals surface area contributed by atoms with Crippen LogP contribution in [0.15, 0.2) is 24.3 Å². The molecule has 1 atom stereocenters. The molecule has 0 bridgehead atoms. The van der Waals surface area contributed by atoms with Crippen molar-refractivity contribution in [2.24, 2.45) is 0 Å². The summed E-state index contributed by atoms with van der Waals surface area (Å²) in [5.41, 5.74) is 0.653. The molecule has 0 saturated heterocycles. The number of carbonyl (C=O) groups excluding carboxylic acids is 1. The lowest BCUT2D eigenvalue weighted by Gasteiger charge is -2.48. The maximum absolute atomic E-state index is 12.1. The fourth-order valence-electron chi connectivity index (χ4n) is 3.19. The smallest absolute Gasteiger partial charge is 0.401 e. The molecule has 1 heterocycles. The zero-order valence-corrected chi connectivity index (χ0v) is 12.6. The standard InChI is InChI=1S/C16H19F3N2O2/c17-16(18,19)10-20-9-14(22)21-12-8-15(6-3-7-15)23-13-5-2-1-4-11(12)13/h1-2,4-5,12,20H,3,6-10H2,(H,21,22). The second-order valence-electron chi connectivity index (χ2n) is 6.22. The monoisotopic (exact) mass is 328 g/mol. The van der Waals surface area contributed by atoms with Gasteiger partial charge in [0.05, 0.1) is 19.1 Å². The van der Waals surface area contributed by atoms with Gasteiger partial charge in [-0.25, -0.2) is 0 Å². The van der Waals surface area contributed by atoms with Crippen LogP contribution in [-0.4, -0.2) is 30.8 Å². The van der Waals surface area contributed by atoms with E-state index in [4.69, 9.17) is 4.74 Å². The highest BCUT2D eigenvalue weighted by Crippen LogP contribution is 2.48. The Balaban J connectivity index is 1.63. The molecule has 0 radical (unpaired) electrons. The molecule has 1 aliphatic carbocycles. The van der Waals surface area contributed by atoms with E-state index in [1.165, 1.54) is 0 Å². The van der Waals surface area contributed by atoms with E-state index in [0.717, 1.165) is 30.6 Å². The first-order valence-corrected chi connectivity index (χ1v) is 7.72. The molecule has 1 fully saturated rings. The first-order chi connectivity index (χ1) is 10.9. The molecule has 4 nitrogen and oxygen atoms in total. The van der Waals surface area contributed by atoms with Crippen molar-refractivity contribution in [1.82, 2.24) is 10.6 Å². The Kier molecular flexibility index (Phi) is 4.23. The minimum absolute atomic E-state index is 0.222. The van der Waals surface area contributed by atoms with Crippen LogP contribution in [0.2, 0.25) is 0 Å². The van der Waals surface area contributed by atoms with Gasteiger partial charge < -0.3 is 15.4 Å². The highest BCUT2D eigenvalue weighted by atomic mass is 19.4. The Bertz CT molecular complexity index is 585. The van der Waals surface area contributed by atoms with Gasteiger partial charge in [0.1, 0.15) is 11.4 Å². The molecule has 7 heteroatoms. The van der Waals surface area contributed by atoms with E-state index in [1.807, 2.05) is 24.3 Å². The van der Waals surface area contributed by atoms with Gasteiger partial charge >= 0.3 is 6.18 Å². The first-order valence-electron chi connectivity index (χ1n) is 7.72. The summed E-state index contributed by atoms with van der Waals surface area (Å²) in [6.07, 6.45) is -0.674. The van der Waals surface area contributed by atoms with Crippen molar-refractivity contribution in [3.05, 3.63) is 29.8 Å². The van der Waals surface area contributed by atoms with E-state index in [2.05, 4.69) is 10.6 Å². The van der Waals surface area contributed by atoms with Gasteiger partial charge in [0, 0.05) is 12.0 Å². The van der Waals surface area contributed by atoms with Gasteiger partial charge in [0.15, 0.2) is 0 Å². The van der Waals surface area contributed by atoms with Crippen molar-refractivity contribution in [3.8, 4) is 5.75 Å². The second kappa shape index (κ2) is 6.03. The van der Waals surface area contributed by atoms with Gasteiger partial charge in [-0.15, -0.1) is 0 Å². The van der Waals surface area contributed by atoms with Crippen LogP contribution in [0, 0.1) is 0 Å². The van der Waals surface area contributed by atoms with Crippen LogP contribution in [0.3, 0.4) is 0 Å². The number of ether oxygens (including phenoxy) is 1. The first kappa shape index (κ1) is 16.1. The summed E-state index contributed by atoms with van der Waals surface area (Å²) < 4.78 is 42.4. The molecule has 2 aliphatic rings. The second-order valence-corrected chi connectivity index (χ2v) is 6.22. The van der Waals surface area contributed by atoms with Crippen molar-refractivity contribution in [2.45, 2.75) is 43.5 Å².